The van der Waals surface area contributed by atoms with Crippen LogP contribution >= 0.6 is 0 Å². The number of hydrogen-bond donors (Lipinski definition) is 2. The topological polar surface area (TPSA) is 79.8 Å². The van der Waals surface area contributed by atoms with Gasteiger partial charge in [-0.3, -0.25) is 9.78 Å². The summed E-state index contributed by atoms with van der Waals surface area (Å²) < 4.78 is 15.1. The first-order chi connectivity index (χ1) is 13.7. The highest BCUT2D eigenvalue weighted by Crippen LogP contribution is 2.27. The number of amides is 1. The monoisotopic (exact) mass is 396 g/mol. The molecule has 0 saturated carbocycles. The summed E-state index contributed by atoms with van der Waals surface area (Å²) in [7, 11) is 0. The molecule has 0 fully saturated rings. The molecule has 0 bridgehead atoms. The molecule has 152 valence electrons. The third-order valence-corrected chi connectivity index (χ3v) is 5.02. The van der Waals surface area contributed by atoms with Crippen molar-refractivity contribution in [1.29, 1.82) is 0 Å². The Labute approximate surface area is 168 Å². The molecule has 0 unspecified atom stereocenters. The summed E-state index contributed by atoms with van der Waals surface area (Å²) in [5.74, 6) is -0.106. The Bertz CT molecular complexity index is 1130. The van der Waals surface area contributed by atoms with Crippen LogP contribution in [0.15, 0.2) is 35.1 Å². The summed E-state index contributed by atoms with van der Waals surface area (Å²) in [5, 5.41) is 7.32. The van der Waals surface area contributed by atoms with Gasteiger partial charge < -0.3 is 5.32 Å². The largest absolute Gasteiger partial charge is 0.352 e. The van der Waals surface area contributed by atoms with Gasteiger partial charge in [0.1, 0.15) is 5.82 Å². The third kappa shape index (κ3) is 4.13. The predicted octanol–water partition coefficient (Wildman–Crippen LogP) is 3.56. The van der Waals surface area contributed by atoms with Gasteiger partial charge in [0.05, 0.1) is 5.69 Å². The standard InChI is InChI=1S/C22H25FN4O2/c1-12(2)21(28)24-11-16-8-6-14(4)19(15(16)5)20-25-22(29)27(26-20)17-9-7-13(3)18(23)10-17/h6-10,12H,11H2,1-5H3,(H,24,28)(H,25,26,29). The van der Waals surface area contributed by atoms with E-state index in [2.05, 4.69) is 15.4 Å². The summed E-state index contributed by atoms with van der Waals surface area (Å²) >= 11 is 0. The Morgan fingerprint density at radius 2 is 1.86 bits per heavy atom. The van der Waals surface area contributed by atoms with Crippen LogP contribution in [0.4, 0.5) is 4.39 Å². The predicted molar refractivity (Wildman–Crippen MR) is 110 cm³/mol. The SMILES string of the molecule is Cc1ccc(-n2nc(-c3c(C)ccc(CNC(=O)C(C)C)c3C)[nH]c2=O)cc1F. The third-order valence-electron chi connectivity index (χ3n) is 5.02. The van der Waals surface area contributed by atoms with Gasteiger partial charge in [-0.1, -0.05) is 32.0 Å². The van der Waals surface area contributed by atoms with Crippen LogP contribution < -0.4 is 11.0 Å². The first kappa shape index (κ1) is 20.5. The highest BCUT2D eigenvalue weighted by Gasteiger charge is 2.17. The Hall–Kier alpha value is -3.22. The van der Waals surface area contributed by atoms with Crippen molar-refractivity contribution in [2.24, 2.45) is 5.92 Å². The number of aryl methyl sites for hydroxylation is 2. The second kappa shape index (κ2) is 8.03. The molecule has 1 aromatic heterocycles. The molecule has 6 nitrogen and oxygen atoms in total. The van der Waals surface area contributed by atoms with E-state index in [0.29, 0.717) is 23.6 Å². The number of aromatic amines is 1. The zero-order valence-corrected chi connectivity index (χ0v) is 17.3. The van der Waals surface area contributed by atoms with Crippen LogP contribution in [0, 0.1) is 32.5 Å². The van der Waals surface area contributed by atoms with Crippen molar-refractivity contribution >= 4 is 5.91 Å². The molecule has 0 saturated heterocycles. The molecule has 0 atom stereocenters. The van der Waals surface area contributed by atoms with Gasteiger partial charge in [-0.25, -0.2) is 9.18 Å². The van der Waals surface area contributed by atoms with E-state index in [9.17, 15) is 14.0 Å². The van der Waals surface area contributed by atoms with Crippen LogP contribution in [-0.4, -0.2) is 20.7 Å². The number of H-pyrrole nitrogens is 1. The van der Waals surface area contributed by atoms with Crippen LogP contribution in [0.3, 0.4) is 0 Å². The summed E-state index contributed by atoms with van der Waals surface area (Å²) in [4.78, 5) is 27.1. The molecule has 1 amide bonds. The number of halogens is 1. The smallest absolute Gasteiger partial charge is 0.348 e. The van der Waals surface area contributed by atoms with Crippen molar-refractivity contribution in [2.75, 3.05) is 0 Å². The molecule has 0 aliphatic heterocycles. The number of benzene rings is 2. The fourth-order valence-corrected chi connectivity index (χ4v) is 3.16. The van der Waals surface area contributed by atoms with E-state index < -0.39 is 11.5 Å². The molecular weight excluding hydrogens is 371 g/mol. The first-order valence-corrected chi connectivity index (χ1v) is 9.52. The second-order valence-corrected chi connectivity index (χ2v) is 7.54. The Balaban J connectivity index is 2.00. The molecule has 29 heavy (non-hydrogen) atoms. The fourth-order valence-electron chi connectivity index (χ4n) is 3.16. The molecule has 1 heterocycles. The maximum Gasteiger partial charge on any atom is 0.348 e. The molecule has 0 spiro atoms. The Kier molecular flexibility index (Phi) is 5.68. The van der Waals surface area contributed by atoms with Gasteiger partial charge in [0.25, 0.3) is 0 Å². The minimum absolute atomic E-state index is 0.0226. The summed E-state index contributed by atoms with van der Waals surface area (Å²) in [6.45, 7) is 9.60. The van der Waals surface area contributed by atoms with Gasteiger partial charge in [-0.2, -0.15) is 4.68 Å². The van der Waals surface area contributed by atoms with Crippen molar-refractivity contribution in [3.05, 3.63) is 68.9 Å². The number of hydrogen-bond acceptors (Lipinski definition) is 3. The van der Waals surface area contributed by atoms with Crippen molar-refractivity contribution < 1.29 is 9.18 Å². The van der Waals surface area contributed by atoms with Gasteiger partial charge in [0.15, 0.2) is 5.82 Å². The van der Waals surface area contributed by atoms with E-state index in [1.807, 2.05) is 39.8 Å². The van der Waals surface area contributed by atoms with Gasteiger partial charge in [-0.05, 0) is 49.1 Å². The van der Waals surface area contributed by atoms with Crippen LogP contribution in [0.1, 0.15) is 36.1 Å². The normalized spacial score (nSPS) is 11.1. The summed E-state index contributed by atoms with van der Waals surface area (Å²) in [5.41, 5.74) is 4.01. The number of rotatable bonds is 5. The lowest BCUT2D eigenvalue weighted by Gasteiger charge is -2.14. The molecule has 7 heteroatoms. The lowest BCUT2D eigenvalue weighted by Crippen LogP contribution is -2.27. The summed E-state index contributed by atoms with van der Waals surface area (Å²) in [6.07, 6.45) is 0. The van der Waals surface area contributed by atoms with Crippen molar-refractivity contribution in [3.63, 3.8) is 0 Å². The maximum atomic E-state index is 13.9. The highest BCUT2D eigenvalue weighted by molar-refractivity contribution is 5.78. The van der Waals surface area contributed by atoms with E-state index in [1.54, 1.807) is 19.1 Å². The minimum atomic E-state index is -0.444. The number of carbonyl (C=O) groups excluding carboxylic acids is 1. The number of carbonyl (C=O) groups is 1. The molecule has 0 aliphatic rings. The van der Waals surface area contributed by atoms with Crippen molar-refractivity contribution in [2.45, 2.75) is 41.2 Å². The number of nitrogens with one attached hydrogen (secondary N) is 2. The van der Waals surface area contributed by atoms with Crippen LogP contribution in [0.5, 0.6) is 0 Å². The Morgan fingerprint density at radius 1 is 1.17 bits per heavy atom. The van der Waals surface area contributed by atoms with Gasteiger partial charge >= 0.3 is 5.69 Å². The molecule has 0 radical (unpaired) electrons. The van der Waals surface area contributed by atoms with Crippen LogP contribution in [-0.2, 0) is 11.3 Å². The zero-order chi connectivity index (χ0) is 21.3. The molecule has 2 aromatic carbocycles. The van der Waals surface area contributed by atoms with Gasteiger partial charge in [0, 0.05) is 24.1 Å². The van der Waals surface area contributed by atoms with Crippen LogP contribution in [0.2, 0.25) is 0 Å². The number of aromatic nitrogens is 3. The van der Waals surface area contributed by atoms with Crippen LogP contribution in [0.25, 0.3) is 17.1 Å². The van der Waals surface area contributed by atoms with E-state index in [1.165, 1.54) is 6.07 Å². The second-order valence-electron chi connectivity index (χ2n) is 7.54. The van der Waals surface area contributed by atoms with E-state index in [-0.39, 0.29) is 11.8 Å². The maximum absolute atomic E-state index is 13.9. The zero-order valence-electron chi connectivity index (χ0n) is 17.3. The average molecular weight is 396 g/mol. The quantitative estimate of drug-likeness (QED) is 0.692. The molecule has 0 aliphatic carbocycles. The van der Waals surface area contributed by atoms with E-state index >= 15 is 0 Å². The highest BCUT2D eigenvalue weighted by atomic mass is 19.1. The molecule has 2 N–H and O–H groups in total. The lowest BCUT2D eigenvalue weighted by molar-refractivity contribution is -0.124. The average Bonchev–Trinajstić information content (AvgIpc) is 3.04. The first-order valence-electron chi connectivity index (χ1n) is 9.52. The number of nitrogens with zero attached hydrogens (tertiary/aromatic N) is 2. The van der Waals surface area contributed by atoms with Gasteiger partial charge in [-0.15, -0.1) is 5.10 Å². The van der Waals surface area contributed by atoms with E-state index in [0.717, 1.165) is 26.9 Å². The Morgan fingerprint density at radius 3 is 2.52 bits per heavy atom. The fraction of sp³-hybridized carbons (Fsp3) is 0.318. The van der Waals surface area contributed by atoms with Gasteiger partial charge in [0.2, 0.25) is 5.91 Å². The minimum Gasteiger partial charge on any atom is -0.352 e. The van der Waals surface area contributed by atoms with E-state index in [4.69, 9.17) is 0 Å². The summed E-state index contributed by atoms with van der Waals surface area (Å²) in [6, 6.07) is 8.45. The van der Waals surface area contributed by atoms with Crippen molar-refractivity contribution in [3.8, 4) is 17.1 Å². The van der Waals surface area contributed by atoms with Crippen molar-refractivity contribution in [1.82, 2.24) is 20.1 Å². The lowest BCUT2D eigenvalue weighted by atomic mass is 9.97. The molecular formula is C22H25FN4O2. The molecule has 3 rings (SSSR count). The molecule has 3 aromatic rings.